The molecule has 1 saturated heterocycles. The summed E-state index contributed by atoms with van der Waals surface area (Å²) in [5.74, 6) is 0.479. The van der Waals surface area contributed by atoms with Crippen molar-refractivity contribution in [2.75, 3.05) is 26.2 Å². The molecule has 1 saturated carbocycles. The molecule has 0 radical (unpaired) electrons. The molecule has 2 N–H and O–H groups in total. The van der Waals surface area contributed by atoms with E-state index in [0.717, 1.165) is 24.8 Å². The molecule has 3 amide bonds. The van der Waals surface area contributed by atoms with Gasteiger partial charge < -0.3 is 25.0 Å². The minimum absolute atomic E-state index is 0.00143. The molecule has 2 fully saturated rings. The number of ether oxygens (including phenoxy) is 1. The average Bonchev–Trinajstić information content (AvgIpc) is 3.16. The number of likely N-dealkylation sites (tertiary alicyclic amines) is 1. The van der Waals surface area contributed by atoms with Gasteiger partial charge in [-0.05, 0) is 61.6 Å². The van der Waals surface area contributed by atoms with Crippen LogP contribution >= 0.6 is 0 Å². The molecule has 0 aromatic carbocycles. The molecular weight excluding hydrogens is 372 g/mol. The van der Waals surface area contributed by atoms with E-state index >= 15 is 0 Å². The number of nitrogens with one attached hydrogen (secondary N) is 1. The number of carbonyl (C=O) groups excluding carboxylic acids is 2. The Kier molecular flexibility index (Phi) is 5.14. The standard InChI is InChI=1S/C21H30N4O4/c1-20(2,28)14-29-19(27)24-7-4-21(5-8-24)9-17(21)11-23-18(26)25-12-15-3-6-22-10-16(15)13-25/h3,6,10,17,28H,4-5,7-9,11-14H2,1-2H3,(H,23,26). The van der Waals surface area contributed by atoms with E-state index in [1.165, 1.54) is 5.56 Å². The number of hydrogen-bond acceptors (Lipinski definition) is 5. The van der Waals surface area contributed by atoms with Crippen LogP contribution in [0.5, 0.6) is 0 Å². The molecule has 1 unspecified atom stereocenters. The van der Waals surface area contributed by atoms with Gasteiger partial charge in [0.1, 0.15) is 6.61 Å². The normalized spacial score (nSPS) is 22.4. The van der Waals surface area contributed by atoms with Gasteiger partial charge in [0.15, 0.2) is 0 Å². The number of aliphatic hydroxyl groups is 1. The quantitative estimate of drug-likeness (QED) is 0.804. The molecule has 1 spiro atoms. The Morgan fingerprint density at radius 2 is 2.00 bits per heavy atom. The highest BCUT2D eigenvalue weighted by Gasteiger charge is 2.55. The summed E-state index contributed by atoms with van der Waals surface area (Å²) in [5.41, 5.74) is 1.52. The fraction of sp³-hybridized carbons (Fsp3) is 0.667. The van der Waals surface area contributed by atoms with E-state index in [0.29, 0.717) is 38.6 Å². The monoisotopic (exact) mass is 402 g/mol. The molecule has 8 heteroatoms. The summed E-state index contributed by atoms with van der Waals surface area (Å²) in [7, 11) is 0. The molecule has 1 aromatic rings. The Labute approximate surface area is 171 Å². The third kappa shape index (κ3) is 4.47. The first-order chi connectivity index (χ1) is 13.8. The van der Waals surface area contributed by atoms with Gasteiger partial charge in [0.25, 0.3) is 0 Å². The molecule has 1 aromatic heterocycles. The van der Waals surface area contributed by atoms with Gasteiger partial charge in [0.2, 0.25) is 0 Å². The van der Waals surface area contributed by atoms with Gasteiger partial charge in [-0.3, -0.25) is 4.98 Å². The van der Waals surface area contributed by atoms with Crippen LogP contribution in [0.4, 0.5) is 9.59 Å². The van der Waals surface area contributed by atoms with Crippen molar-refractivity contribution in [3.05, 3.63) is 29.6 Å². The predicted molar refractivity (Wildman–Crippen MR) is 106 cm³/mol. The lowest BCUT2D eigenvalue weighted by Gasteiger charge is -2.33. The summed E-state index contributed by atoms with van der Waals surface area (Å²) in [6.45, 7) is 6.52. The van der Waals surface area contributed by atoms with E-state index in [-0.39, 0.29) is 24.1 Å². The maximum absolute atomic E-state index is 12.5. The zero-order chi connectivity index (χ0) is 20.6. The number of rotatable bonds is 4. The number of pyridine rings is 1. The Morgan fingerprint density at radius 1 is 1.28 bits per heavy atom. The van der Waals surface area contributed by atoms with Crippen molar-refractivity contribution in [1.29, 1.82) is 0 Å². The van der Waals surface area contributed by atoms with Crippen LogP contribution in [0, 0.1) is 11.3 Å². The van der Waals surface area contributed by atoms with E-state index in [1.807, 2.05) is 17.2 Å². The SMILES string of the molecule is CC(C)(O)COC(=O)N1CCC2(CC1)CC2CNC(=O)N1Cc2ccncc2C1. The molecule has 1 aliphatic carbocycles. The number of carbonyl (C=O) groups is 2. The first-order valence-electron chi connectivity index (χ1n) is 10.3. The summed E-state index contributed by atoms with van der Waals surface area (Å²) >= 11 is 0. The fourth-order valence-corrected chi connectivity index (χ4v) is 4.48. The second kappa shape index (κ2) is 7.48. The van der Waals surface area contributed by atoms with E-state index in [2.05, 4.69) is 10.3 Å². The molecule has 0 bridgehead atoms. The Morgan fingerprint density at radius 3 is 2.69 bits per heavy atom. The van der Waals surface area contributed by atoms with Crippen molar-refractivity contribution >= 4 is 12.1 Å². The number of aromatic nitrogens is 1. The highest BCUT2D eigenvalue weighted by atomic mass is 16.6. The Bertz CT molecular complexity index is 758. The molecule has 3 aliphatic rings. The number of amides is 3. The zero-order valence-corrected chi connectivity index (χ0v) is 17.2. The van der Waals surface area contributed by atoms with E-state index < -0.39 is 5.60 Å². The summed E-state index contributed by atoms with van der Waals surface area (Å²) in [6.07, 6.45) is 6.22. The summed E-state index contributed by atoms with van der Waals surface area (Å²) in [6, 6.07) is 1.95. The van der Waals surface area contributed by atoms with Gasteiger partial charge in [-0.25, -0.2) is 9.59 Å². The van der Waals surface area contributed by atoms with Crippen LogP contribution in [0.2, 0.25) is 0 Å². The lowest BCUT2D eigenvalue weighted by Crippen LogP contribution is -2.42. The maximum atomic E-state index is 12.5. The van der Waals surface area contributed by atoms with Crippen LogP contribution < -0.4 is 5.32 Å². The first-order valence-corrected chi connectivity index (χ1v) is 10.3. The van der Waals surface area contributed by atoms with Crippen LogP contribution in [0.15, 0.2) is 18.5 Å². The third-order valence-electron chi connectivity index (χ3n) is 6.44. The van der Waals surface area contributed by atoms with Crippen molar-refractivity contribution < 1.29 is 19.4 Å². The number of fused-ring (bicyclic) bond motifs is 1. The van der Waals surface area contributed by atoms with Crippen LogP contribution in [-0.2, 0) is 17.8 Å². The molecule has 8 nitrogen and oxygen atoms in total. The highest BCUT2D eigenvalue weighted by molar-refractivity contribution is 5.75. The molecule has 158 valence electrons. The molecule has 3 heterocycles. The zero-order valence-electron chi connectivity index (χ0n) is 17.2. The molecule has 4 rings (SSSR count). The second-order valence-electron chi connectivity index (χ2n) is 9.30. The van der Waals surface area contributed by atoms with Crippen molar-refractivity contribution in [2.24, 2.45) is 11.3 Å². The first kappa shape index (κ1) is 19.9. The topological polar surface area (TPSA) is 95.0 Å². The minimum atomic E-state index is -1.01. The van der Waals surface area contributed by atoms with Gasteiger partial charge >= 0.3 is 12.1 Å². The summed E-state index contributed by atoms with van der Waals surface area (Å²) in [5, 5.41) is 12.8. The molecule has 29 heavy (non-hydrogen) atoms. The number of hydrogen-bond donors (Lipinski definition) is 2. The Balaban J connectivity index is 1.18. The number of urea groups is 1. The summed E-state index contributed by atoms with van der Waals surface area (Å²) in [4.78, 5) is 32.3. The van der Waals surface area contributed by atoms with Gasteiger partial charge in [0, 0.05) is 45.1 Å². The average molecular weight is 402 g/mol. The lowest BCUT2D eigenvalue weighted by atomic mass is 9.91. The van der Waals surface area contributed by atoms with Crippen molar-refractivity contribution in [3.63, 3.8) is 0 Å². The lowest BCUT2D eigenvalue weighted by molar-refractivity contribution is -0.00715. The van der Waals surface area contributed by atoms with E-state index in [1.54, 1.807) is 24.9 Å². The van der Waals surface area contributed by atoms with Gasteiger partial charge in [-0.1, -0.05) is 0 Å². The van der Waals surface area contributed by atoms with Gasteiger partial charge in [-0.15, -0.1) is 0 Å². The van der Waals surface area contributed by atoms with Gasteiger partial charge in [-0.2, -0.15) is 0 Å². The van der Waals surface area contributed by atoms with Crippen molar-refractivity contribution in [2.45, 2.75) is 51.8 Å². The molecule has 2 aliphatic heterocycles. The highest BCUT2D eigenvalue weighted by Crippen LogP contribution is 2.59. The number of piperidine rings is 1. The fourth-order valence-electron chi connectivity index (χ4n) is 4.48. The third-order valence-corrected chi connectivity index (χ3v) is 6.44. The predicted octanol–water partition coefficient (Wildman–Crippen LogP) is 2.12. The van der Waals surface area contributed by atoms with Crippen LogP contribution in [0.3, 0.4) is 0 Å². The second-order valence-corrected chi connectivity index (χ2v) is 9.30. The molecular formula is C21H30N4O4. The smallest absolute Gasteiger partial charge is 0.409 e. The van der Waals surface area contributed by atoms with Crippen LogP contribution in [0.25, 0.3) is 0 Å². The van der Waals surface area contributed by atoms with Crippen molar-refractivity contribution in [3.8, 4) is 0 Å². The van der Waals surface area contributed by atoms with Crippen molar-refractivity contribution in [1.82, 2.24) is 20.1 Å². The maximum Gasteiger partial charge on any atom is 0.409 e. The van der Waals surface area contributed by atoms with Gasteiger partial charge in [0.05, 0.1) is 5.60 Å². The minimum Gasteiger partial charge on any atom is -0.446 e. The summed E-state index contributed by atoms with van der Waals surface area (Å²) < 4.78 is 5.19. The van der Waals surface area contributed by atoms with E-state index in [9.17, 15) is 14.7 Å². The van der Waals surface area contributed by atoms with Crippen LogP contribution in [0.1, 0.15) is 44.2 Å². The van der Waals surface area contributed by atoms with Crippen LogP contribution in [-0.4, -0.2) is 63.9 Å². The van der Waals surface area contributed by atoms with E-state index in [4.69, 9.17) is 4.74 Å². The Hall–Kier alpha value is -2.35. The number of nitrogens with zero attached hydrogens (tertiary/aromatic N) is 3. The largest absolute Gasteiger partial charge is 0.446 e. The molecule has 1 atom stereocenters.